The van der Waals surface area contributed by atoms with Crippen molar-refractivity contribution in [2.75, 3.05) is 6.54 Å². The Morgan fingerprint density at radius 1 is 1.20 bits per heavy atom. The molecule has 0 radical (unpaired) electrons. The van der Waals surface area contributed by atoms with Gasteiger partial charge in [-0.1, -0.05) is 12.1 Å². The summed E-state index contributed by atoms with van der Waals surface area (Å²) in [6.07, 6.45) is -0.178. The lowest BCUT2D eigenvalue weighted by atomic mass is 10.1. The predicted octanol–water partition coefficient (Wildman–Crippen LogP) is 0.426. The van der Waals surface area contributed by atoms with Crippen molar-refractivity contribution in [1.29, 1.82) is 0 Å². The first-order chi connectivity index (χ1) is 9.23. The number of carboxylic acids is 1. The molecule has 1 rings (SSSR count). The van der Waals surface area contributed by atoms with Gasteiger partial charge in [-0.25, -0.2) is 8.42 Å². The molecule has 0 spiro atoms. The van der Waals surface area contributed by atoms with E-state index in [1.165, 1.54) is 12.1 Å². The number of hydrogen-bond donors (Lipinski definition) is 2. The van der Waals surface area contributed by atoms with E-state index in [9.17, 15) is 26.8 Å². The van der Waals surface area contributed by atoms with Crippen molar-refractivity contribution in [3.63, 3.8) is 0 Å². The van der Waals surface area contributed by atoms with E-state index in [1.54, 1.807) is 0 Å². The molecule has 110 valence electrons. The van der Waals surface area contributed by atoms with E-state index in [-0.39, 0.29) is 6.42 Å². The molecule has 0 aliphatic heterocycles. The fourth-order valence-electron chi connectivity index (χ4n) is 1.32. The maximum Gasteiger partial charge on any atom is 0.341 e. The molecule has 1 amide bonds. The summed E-state index contributed by atoms with van der Waals surface area (Å²) in [5.74, 6) is -5.28. The first kappa shape index (κ1) is 16.0. The average Bonchev–Trinajstić information content (AvgIpc) is 2.37. The Morgan fingerprint density at radius 2 is 1.75 bits per heavy atom. The molecule has 0 saturated carbocycles. The molecule has 0 aliphatic rings. The molecule has 0 bridgehead atoms. The van der Waals surface area contributed by atoms with Gasteiger partial charge in [0.2, 0.25) is 15.7 Å². The quantitative estimate of drug-likeness (QED) is 0.793. The van der Waals surface area contributed by atoms with E-state index in [1.807, 2.05) is 0 Å². The zero-order chi connectivity index (χ0) is 15.3. The first-order valence-electron chi connectivity index (χ1n) is 5.33. The SMILES string of the molecule is O=C(O)CNC(=O)Cc1ccc(S(=O)(=O)C(F)F)cc1. The van der Waals surface area contributed by atoms with Gasteiger partial charge in [0.15, 0.2) is 0 Å². The van der Waals surface area contributed by atoms with Gasteiger partial charge in [0.05, 0.1) is 11.3 Å². The second-order valence-corrected chi connectivity index (χ2v) is 5.71. The van der Waals surface area contributed by atoms with Crippen molar-refractivity contribution in [3.05, 3.63) is 29.8 Å². The van der Waals surface area contributed by atoms with E-state index < -0.39 is 38.9 Å². The molecule has 9 heteroatoms. The summed E-state index contributed by atoms with van der Waals surface area (Å²) in [5, 5.41) is 10.5. The second-order valence-electron chi connectivity index (χ2n) is 3.80. The molecule has 0 heterocycles. The smallest absolute Gasteiger partial charge is 0.341 e. The number of aliphatic carboxylic acids is 1. The van der Waals surface area contributed by atoms with Crippen LogP contribution in [0.2, 0.25) is 0 Å². The van der Waals surface area contributed by atoms with Crippen LogP contribution in [0, 0.1) is 0 Å². The molecule has 0 atom stereocenters. The third-order valence-electron chi connectivity index (χ3n) is 2.29. The highest BCUT2D eigenvalue weighted by Gasteiger charge is 2.26. The lowest BCUT2D eigenvalue weighted by Crippen LogP contribution is -2.30. The average molecular weight is 307 g/mol. The number of carbonyl (C=O) groups is 2. The number of hydrogen-bond acceptors (Lipinski definition) is 4. The van der Waals surface area contributed by atoms with E-state index in [4.69, 9.17) is 5.11 Å². The number of nitrogens with one attached hydrogen (secondary N) is 1. The highest BCUT2D eigenvalue weighted by Crippen LogP contribution is 2.18. The molecule has 0 saturated heterocycles. The van der Waals surface area contributed by atoms with E-state index in [0.717, 1.165) is 12.1 Å². The number of sulfone groups is 1. The van der Waals surface area contributed by atoms with Crippen LogP contribution in [0.25, 0.3) is 0 Å². The Labute approximate surface area is 113 Å². The van der Waals surface area contributed by atoms with Gasteiger partial charge in [-0.05, 0) is 17.7 Å². The first-order valence-corrected chi connectivity index (χ1v) is 6.87. The predicted molar refractivity (Wildman–Crippen MR) is 64.0 cm³/mol. The summed E-state index contributed by atoms with van der Waals surface area (Å²) >= 11 is 0. The summed E-state index contributed by atoms with van der Waals surface area (Å²) < 4.78 is 46.9. The third-order valence-corrected chi connectivity index (χ3v) is 3.69. The Bertz CT molecular complexity index is 598. The van der Waals surface area contributed by atoms with E-state index in [2.05, 4.69) is 5.32 Å². The van der Waals surface area contributed by atoms with Gasteiger partial charge in [-0.15, -0.1) is 0 Å². The summed E-state index contributed by atoms with van der Waals surface area (Å²) in [6.45, 7) is -0.531. The molecule has 0 unspecified atom stereocenters. The summed E-state index contributed by atoms with van der Waals surface area (Å²) in [7, 11) is -4.66. The topological polar surface area (TPSA) is 101 Å². The number of halogens is 2. The van der Waals surface area contributed by atoms with E-state index >= 15 is 0 Å². The normalized spacial score (nSPS) is 11.3. The molecular formula is C11H11F2NO5S. The number of rotatable bonds is 6. The number of amides is 1. The molecule has 6 nitrogen and oxygen atoms in total. The van der Waals surface area contributed by atoms with Crippen molar-refractivity contribution in [1.82, 2.24) is 5.32 Å². The standard InChI is InChI=1S/C11H11F2NO5S/c12-11(13)20(18,19)8-3-1-7(2-4-8)5-9(15)14-6-10(16)17/h1-4,11H,5-6H2,(H,14,15)(H,16,17). The lowest BCUT2D eigenvalue weighted by Gasteiger charge is -2.05. The highest BCUT2D eigenvalue weighted by atomic mass is 32.2. The van der Waals surface area contributed by atoms with Crippen LogP contribution in [0.1, 0.15) is 5.56 Å². The third kappa shape index (κ3) is 4.26. The fourth-order valence-corrected chi connectivity index (χ4v) is 2.04. The van der Waals surface area contributed by atoms with Crippen molar-refractivity contribution in [2.45, 2.75) is 17.1 Å². The number of alkyl halides is 2. The van der Waals surface area contributed by atoms with Crippen LogP contribution in [0.3, 0.4) is 0 Å². The number of carboxylic acid groups (broad SMARTS) is 1. The lowest BCUT2D eigenvalue weighted by molar-refractivity contribution is -0.137. The minimum atomic E-state index is -4.66. The molecule has 1 aromatic carbocycles. The second kappa shape index (κ2) is 6.42. The Kier molecular flexibility index (Phi) is 5.14. The summed E-state index contributed by atoms with van der Waals surface area (Å²) in [4.78, 5) is 21.0. The van der Waals surface area contributed by atoms with E-state index in [0.29, 0.717) is 5.56 Å². The monoisotopic (exact) mass is 307 g/mol. The van der Waals surface area contributed by atoms with Crippen LogP contribution in [0.15, 0.2) is 29.2 Å². The maximum absolute atomic E-state index is 12.3. The summed E-state index contributed by atoms with van der Waals surface area (Å²) in [6, 6.07) is 4.38. The molecule has 0 aliphatic carbocycles. The maximum atomic E-state index is 12.3. The van der Waals surface area contributed by atoms with Gasteiger partial charge < -0.3 is 10.4 Å². The molecule has 0 fully saturated rings. The molecular weight excluding hydrogens is 296 g/mol. The number of carbonyl (C=O) groups excluding carboxylic acids is 1. The zero-order valence-electron chi connectivity index (χ0n) is 10.0. The van der Waals surface area contributed by atoms with Crippen molar-refractivity contribution in [3.8, 4) is 0 Å². The van der Waals surface area contributed by atoms with Crippen LogP contribution in [-0.2, 0) is 25.8 Å². The van der Waals surface area contributed by atoms with Crippen molar-refractivity contribution < 1.29 is 31.9 Å². The van der Waals surface area contributed by atoms with Crippen LogP contribution in [0.4, 0.5) is 8.78 Å². The Balaban J connectivity index is 2.73. The highest BCUT2D eigenvalue weighted by molar-refractivity contribution is 7.91. The summed E-state index contributed by atoms with van der Waals surface area (Å²) in [5.41, 5.74) is 0.376. The van der Waals surface area contributed by atoms with Crippen molar-refractivity contribution >= 4 is 21.7 Å². The van der Waals surface area contributed by atoms with Crippen LogP contribution in [0.5, 0.6) is 0 Å². The largest absolute Gasteiger partial charge is 0.480 e. The fraction of sp³-hybridized carbons (Fsp3) is 0.273. The molecule has 20 heavy (non-hydrogen) atoms. The van der Waals surface area contributed by atoms with Gasteiger partial charge in [0, 0.05) is 0 Å². The molecule has 0 aromatic heterocycles. The van der Waals surface area contributed by atoms with Gasteiger partial charge in [-0.3, -0.25) is 9.59 Å². The Hall–Kier alpha value is -2.03. The minimum absolute atomic E-state index is 0.178. The Morgan fingerprint density at radius 3 is 2.20 bits per heavy atom. The molecule has 1 aromatic rings. The van der Waals surface area contributed by atoms with Gasteiger partial charge in [-0.2, -0.15) is 8.78 Å². The van der Waals surface area contributed by atoms with Crippen LogP contribution < -0.4 is 5.32 Å². The van der Waals surface area contributed by atoms with Crippen LogP contribution >= 0.6 is 0 Å². The molecule has 2 N–H and O–H groups in total. The van der Waals surface area contributed by atoms with Gasteiger partial charge in [0.1, 0.15) is 6.54 Å². The zero-order valence-corrected chi connectivity index (χ0v) is 10.9. The van der Waals surface area contributed by atoms with Gasteiger partial charge in [0.25, 0.3) is 0 Å². The van der Waals surface area contributed by atoms with Crippen LogP contribution in [-0.4, -0.2) is 37.7 Å². The van der Waals surface area contributed by atoms with Gasteiger partial charge >= 0.3 is 11.7 Å². The minimum Gasteiger partial charge on any atom is -0.480 e. The number of benzene rings is 1. The van der Waals surface area contributed by atoms with Crippen molar-refractivity contribution in [2.24, 2.45) is 0 Å².